The van der Waals surface area contributed by atoms with E-state index in [4.69, 9.17) is 4.74 Å². The van der Waals surface area contributed by atoms with Gasteiger partial charge in [-0.15, -0.1) is 0 Å². The molecule has 4 heterocycles. The molecular formula is C23H23F3N2O2. The summed E-state index contributed by atoms with van der Waals surface area (Å²) in [6.45, 7) is 1.11. The lowest BCUT2D eigenvalue weighted by molar-refractivity contribution is -0.189. The van der Waals surface area contributed by atoms with Gasteiger partial charge in [0.05, 0.1) is 18.5 Å². The van der Waals surface area contributed by atoms with E-state index < -0.39 is 30.1 Å². The van der Waals surface area contributed by atoms with E-state index in [1.807, 2.05) is 24.3 Å². The zero-order valence-corrected chi connectivity index (χ0v) is 16.4. The van der Waals surface area contributed by atoms with Crippen LogP contribution in [0.25, 0.3) is 0 Å². The van der Waals surface area contributed by atoms with Gasteiger partial charge in [-0.1, -0.05) is 36.4 Å². The Morgan fingerprint density at radius 3 is 2.57 bits per heavy atom. The Labute approximate surface area is 173 Å². The molecule has 0 aromatic heterocycles. The predicted molar refractivity (Wildman–Crippen MR) is 105 cm³/mol. The lowest BCUT2D eigenvalue weighted by Gasteiger charge is -2.49. The summed E-state index contributed by atoms with van der Waals surface area (Å²) >= 11 is 0. The average molecular weight is 416 g/mol. The Hall–Kier alpha value is -2.54. The molecule has 158 valence electrons. The first-order chi connectivity index (χ1) is 14.4. The summed E-state index contributed by atoms with van der Waals surface area (Å²) in [4.78, 5) is 16.4. The summed E-state index contributed by atoms with van der Waals surface area (Å²) in [5.74, 6) is -4.13. The third-order valence-corrected chi connectivity index (χ3v) is 6.58. The zero-order valence-electron chi connectivity index (χ0n) is 16.4. The summed E-state index contributed by atoms with van der Waals surface area (Å²) in [6, 6.07) is 13.4. The second kappa shape index (κ2) is 7.30. The van der Waals surface area contributed by atoms with Crippen LogP contribution < -0.4 is 0 Å². The van der Waals surface area contributed by atoms with Crippen LogP contribution >= 0.6 is 0 Å². The molecule has 1 amide bonds. The molecule has 0 N–H and O–H groups in total. The Morgan fingerprint density at radius 1 is 1.07 bits per heavy atom. The fraction of sp³-hybridized carbons (Fsp3) is 0.435. The smallest absolute Gasteiger partial charge is 0.410 e. The molecular weight excluding hydrogens is 393 g/mol. The molecule has 4 atom stereocenters. The lowest BCUT2D eigenvalue weighted by atomic mass is 9.82. The molecule has 2 bridgehead atoms. The number of nitrogens with zero attached hydrogens (tertiary/aromatic N) is 2. The van der Waals surface area contributed by atoms with Gasteiger partial charge in [0.15, 0.2) is 0 Å². The third kappa shape index (κ3) is 3.35. The van der Waals surface area contributed by atoms with Gasteiger partial charge in [-0.3, -0.25) is 9.80 Å². The number of benzene rings is 2. The van der Waals surface area contributed by atoms with E-state index in [1.165, 1.54) is 12.1 Å². The predicted octanol–water partition coefficient (Wildman–Crippen LogP) is 4.25. The average Bonchev–Trinajstić information content (AvgIpc) is 2.73. The van der Waals surface area contributed by atoms with Crippen LogP contribution in [0.1, 0.15) is 29.2 Å². The SMILES string of the molecule is O=C(O[C@@H]1CN2CCC1C(F)(F)C2)N1CCc2ccccc2[C@@H]1c1ccc(F)cc1. The van der Waals surface area contributed by atoms with Crippen LogP contribution in [0.2, 0.25) is 0 Å². The number of amides is 1. The molecule has 0 radical (unpaired) electrons. The molecule has 0 saturated carbocycles. The first kappa shape index (κ1) is 19.4. The number of hydrogen-bond donors (Lipinski definition) is 0. The molecule has 3 fully saturated rings. The molecule has 4 aliphatic rings. The minimum absolute atomic E-state index is 0.263. The Kier molecular flexibility index (Phi) is 4.73. The molecule has 4 nitrogen and oxygen atoms in total. The number of halogens is 3. The minimum Gasteiger partial charge on any atom is -0.444 e. The summed E-state index contributed by atoms with van der Waals surface area (Å²) in [7, 11) is 0. The second-order valence-corrected chi connectivity index (χ2v) is 8.41. The van der Waals surface area contributed by atoms with Crippen molar-refractivity contribution >= 4 is 6.09 Å². The fourth-order valence-corrected chi connectivity index (χ4v) is 5.11. The van der Waals surface area contributed by atoms with Crippen LogP contribution in [-0.2, 0) is 11.2 Å². The highest BCUT2D eigenvalue weighted by molar-refractivity contribution is 5.70. The molecule has 2 aromatic rings. The highest BCUT2D eigenvalue weighted by Gasteiger charge is 2.54. The van der Waals surface area contributed by atoms with Crippen molar-refractivity contribution in [2.24, 2.45) is 5.92 Å². The number of hydrogen-bond acceptors (Lipinski definition) is 3. The van der Waals surface area contributed by atoms with Crippen molar-refractivity contribution in [3.8, 4) is 0 Å². The van der Waals surface area contributed by atoms with Crippen molar-refractivity contribution in [1.29, 1.82) is 0 Å². The van der Waals surface area contributed by atoms with Crippen molar-refractivity contribution in [2.75, 3.05) is 26.2 Å². The standard InChI is InChI=1S/C23H23F3N2O2/c24-17-7-5-16(6-8-17)21-18-4-2-1-3-15(18)9-12-28(21)22(29)30-20-13-27-11-10-19(20)23(25,26)14-27/h1-8,19-21H,9-14H2/t19?,20-,21+/m1/s1. The molecule has 30 heavy (non-hydrogen) atoms. The molecule has 0 spiro atoms. The largest absolute Gasteiger partial charge is 0.444 e. The third-order valence-electron chi connectivity index (χ3n) is 6.58. The number of ether oxygens (including phenoxy) is 1. The van der Waals surface area contributed by atoms with Gasteiger partial charge in [0.1, 0.15) is 11.9 Å². The van der Waals surface area contributed by atoms with Gasteiger partial charge in [0.25, 0.3) is 5.92 Å². The molecule has 2 aromatic carbocycles. The van der Waals surface area contributed by atoms with Gasteiger partial charge in [0.2, 0.25) is 0 Å². The summed E-state index contributed by atoms with van der Waals surface area (Å²) in [6.07, 6.45) is -0.427. The van der Waals surface area contributed by atoms with E-state index >= 15 is 0 Å². The Bertz CT molecular complexity index is 950. The Morgan fingerprint density at radius 2 is 1.83 bits per heavy atom. The molecule has 7 heteroatoms. The summed E-state index contributed by atoms with van der Waals surface area (Å²) in [5.41, 5.74) is 2.83. The van der Waals surface area contributed by atoms with Crippen LogP contribution in [0.4, 0.5) is 18.0 Å². The van der Waals surface area contributed by atoms with Crippen LogP contribution in [-0.4, -0.2) is 54.1 Å². The molecule has 2 unspecified atom stereocenters. The van der Waals surface area contributed by atoms with E-state index in [2.05, 4.69) is 0 Å². The first-order valence-electron chi connectivity index (χ1n) is 10.3. The van der Waals surface area contributed by atoms with Gasteiger partial charge in [0, 0.05) is 13.1 Å². The quantitative estimate of drug-likeness (QED) is 0.734. The monoisotopic (exact) mass is 416 g/mol. The van der Waals surface area contributed by atoms with Gasteiger partial charge >= 0.3 is 6.09 Å². The Balaban J connectivity index is 1.43. The number of carbonyl (C=O) groups excluding carboxylic acids is 1. The van der Waals surface area contributed by atoms with Gasteiger partial charge < -0.3 is 4.74 Å². The summed E-state index contributed by atoms with van der Waals surface area (Å²) in [5, 5.41) is 0. The molecule has 4 aliphatic heterocycles. The van der Waals surface area contributed by atoms with Crippen molar-refractivity contribution in [2.45, 2.75) is 30.9 Å². The van der Waals surface area contributed by atoms with Crippen LogP contribution in [0, 0.1) is 11.7 Å². The number of rotatable bonds is 2. The maximum atomic E-state index is 14.3. The van der Waals surface area contributed by atoms with E-state index in [1.54, 1.807) is 21.9 Å². The van der Waals surface area contributed by atoms with Crippen molar-refractivity contribution in [1.82, 2.24) is 9.80 Å². The van der Waals surface area contributed by atoms with Crippen LogP contribution in [0.15, 0.2) is 48.5 Å². The van der Waals surface area contributed by atoms with E-state index in [-0.39, 0.29) is 12.4 Å². The molecule has 3 saturated heterocycles. The van der Waals surface area contributed by atoms with E-state index in [0.717, 1.165) is 16.7 Å². The minimum atomic E-state index is -2.84. The van der Waals surface area contributed by atoms with Crippen LogP contribution in [0.3, 0.4) is 0 Å². The van der Waals surface area contributed by atoms with Crippen molar-refractivity contribution in [3.05, 3.63) is 71.0 Å². The van der Waals surface area contributed by atoms with Crippen molar-refractivity contribution < 1.29 is 22.7 Å². The number of carbonyl (C=O) groups is 1. The zero-order chi connectivity index (χ0) is 20.9. The number of piperidine rings is 3. The van der Waals surface area contributed by atoms with Gasteiger partial charge in [-0.05, 0) is 48.2 Å². The van der Waals surface area contributed by atoms with Gasteiger partial charge in [-0.2, -0.15) is 0 Å². The highest BCUT2D eigenvalue weighted by Crippen LogP contribution is 2.42. The first-order valence-corrected chi connectivity index (χ1v) is 10.3. The van der Waals surface area contributed by atoms with Crippen LogP contribution in [0.5, 0.6) is 0 Å². The van der Waals surface area contributed by atoms with E-state index in [9.17, 15) is 18.0 Å². The normalized spacial score (nSPS) is 29.4. The fourth-order valence-electron chi connectivity index (χ4n) is 5.11. The topological polar surface area (TPSA) is 32.8 Å². The number of alkyl halides is 2. The van der Waals surface area contributed by atoms with Crippen molar-refractivity contribution in [3.63, 3.8) is 0 Å². The van der Waals surface area contributed by atoms with E-state index in [0.29, 0.717) is 32.5 Å². The number of fused-ring (bicyclic) bond motifs is 4. The van der Waals surface area contributed by atoms with Gasteiger partial charge in [-0.25, -0.2) is 18.0 Å². The molecule has 6 rings (SSSR count). The summed E-state index contributed by atoms with van der Waals surface area (Å²) < 4.78 is 47.8. The maximum Gasteiger partial charge on any atom is 0.410 e. The second-order valence-electron chi connectivity index (χ2n) is 8.41. The lowest BCUT2D eigenvalue weighted by Crippen LogP contribution is -2.62. The highest BCUT2D eigenvalue weighted by atomic mass is 19.3. The molecule has 0 aliphatic carbocycles. The maximum absolute atomic E-state index is 14.3.